The van der Waals surface area contributed by atoms with Crippen LogP contribution in [0.1, 0.15) is 23.7 Å². The molecule has 2 aromatic carbocycles. The minimum atomic E-state index is -0.918. The molecule has 0 aliphatic carbocycles. The van der Waals surface area contributed by atoms with Crippen LogP contribution in [0.25, 0.3) is 0 Å². The van der Waals surface area contributed by atoms with Crippen molar-refractivity contribution in [2.45, 2.75) is 18.9 Å². The standard InChI is InChI=1S/C17H17F2NO/c18-14-6-5-13(11-15(14)19)17(21)8-10-20-9-7-12-3-1-2-4-16(12)20/h1-6,11,17,21H,7-10H2. The van der Waals surface area contributed by atoms with Gasteiger partial charge in [0.1, 0.15) is 0 Å². The molecule has 4 heteroatoms. The Balaban J connectivity index is 1.64. The molecule has 2 aromatic rings. The molecule has 110 valence electrons. The summed E-state index contributed by atoms with van der Waals surface area (Å²) in [5, 5.41) is 10.1. The predicted molar refractivity (Wildman–Crippen MR) is 78.3 cm³/mol. The van der Waals surface area contributed by atoms with Crippen molar-refractivity contribution >= 4 is 5.69 Å². The van der Waals surface area contributed by atoms with Crippen LogP contribution in [0.3, 0.4) is 0 Å². The van der Waals surface area contributed by atoms with E-state index in [0.717, 1.165) is 25.1 Å². The van der Waals surface area contributed by atoms with Gasteiger partial charge >= 0.3 is 0 Å². The molecule has 1 atom stereocenters. The van der Waals surface area contributed by atoms with Gasteiger partial charge in [-0.2, -0.15) is 0 Å². The van der Waals surface area contributed by atoms with Gasteiger partial charge in [-0.25, -0.2) is 8.78 Å². The van der Waals surface area contributed by atoms with Gasteiger partial charge in [-0.1, -0.05) is 24.3 Å². The third-order valence-electron chi connectivity index (χ3n) is 3.98. The smallest absolute Gasteiger partial charge is 0.159 e. The zero-order chi connectivity index (χ0) is 14.8. The van der Waals surface area contributed by atoms with Crippen LogP contribution >= 0.6 is 0 Å². The maximum absolute atomic E-state index is 13.2. The highest BCUT2D eigenvalue weighted by atomic mass is 19.2. The van der Waals surface area contributed by atoms with E-state index >= 15 is 0 Å². The van der Waals surface area contributed by atoms with Crippen molar-refractivity contribution in [2.24, 2.45) is 0 Å². The van der Waals surface area contributed by atoms with E-state index in [-0.39, 0.29) is 0 Å². The molecule has 1 aliphatic rings. The summed E-state index contributed by atoms with van der Waals surface area (Å²) in [5.74, 6) is -1.81. The van der Waals surface area contributed by atoms with Crippen LogP contribution in [0, 0.1) is 11.6 Å². The molecule has 3 rings (SSSR count). The molecular formula is C17H17F2NO. The fourth-order valence-corrected chi connectivity index (χ4v) is 2.80. The third kappa shape index (κ3) is 2.90. The average Bonchev–Trinajstić information content (AvgIpc) is 2.91. The van der Waals surface area contributed by atoms with Gasteiger partial charge in [0.05, 0.1) is 6.10 Å². The second kappa shape index (κ2) is 5.82. The second-order valence-corrected chi connectivity index (χ2v) is 5.34. The SMILES string of the molecule is OC(CCN1CCc2ccccc21)c1ccc(F)c(F)c1. The van der Waals surface area contributed by atoms with E-state index in [1.54, 1.807) is 0 Å². The molecule has 0 aromatic heterocycles. The van der Waals surface area contributed by atoms with Gasteiger partial charge in [-0.3, -0.25) is 0 Å². The van der Waals surface area contributed by atoms with Crippen LogP contribution in [0.4, 0.5) is 14.5 Å². The fraction of sp³-hybridized carbons (Fsp3) is 0.294. The molecule has 1 aliphatic heterocycles. The number of rotatable bonds is 4. The Kier molecular flexibility index (Phi) is 3.88. The van der Waals surface area contributed by atoms with Crippen molar-refractivity contribution in [3.8, 4) is 0 Å². The number of nitrogens with zero attached hydrogens (tertiary/aromatic N) is 1. The first-order valence-electron chi connectivity index (χ1n) is 7.11. The Hall–Kier alpha value is -1.94. The molecule has 0 radical (unpaired) electrons. The molecule has 1 heterocycles. The molecule has 0 fully saturated rings. The molecule has 0 spiro atoms. The first-order valence-corrected chi connectivity index (χ1v) is 7.11. The summed E-state index contributed by atoms with van der Waals surface area (Å²) < 4.78 is 26.1. The lowest BCUT2D eigenvalue weighted by atomic mass is 10.1. The van der Waals surface area contributed by atoms with Crippen LogP contribution in [0.2, 0.25) is 0 Å². The average molecular weight is 289 g/mol. The van der Waals surface area contributed by atoms with Crippen molar-refractivity contribution in [2.75, 3.05) is 18.0 Å². The number of hydrogen-bond donors (Lipinski definition) is 1. The Bertz CT molecular complexity index is 644. The summed E-state index contributed by atoms with van der Waals surface area (Å²) in [4.78, 5) is 2.22. The fourth-order valence-electron chi connectivity index (χ4n) is 2.80. The molecule has 1 unspecified atom stereocenters. The van der Waals surface area contributed by atoms with E-state index in [0.29, 0.717) is 18.5 Å². The van der Waals surface area contributed by atoms with Crippen molar-refractivity contribution < 1.29 is 13.9 Å². The summed E-state index contributed by atoms with van der Waals surface area (Å²) in [6.07, 6.45) is 0.712. The van der Waals surface area contributed by atoms with Crippen LogP contribution in [-0.2, 0) is 6.42 Å². The summed E-state index contributed by atoms with van der Waals surface area (Å²) in [7, 11) is 0. The summed E-state index contributed by atoms with van der Waals surface area (Å²) in [6, 6.07) is 11.8. The number of aliphatic hydroxyl groups is 1. The van der Waals surface area contributed by atoms with Crippen LogP contribution < -0.4 is 4.90 Å². The van der Waals surface area contributed by atoms with Gasteiger partial charge in [-0.05, 0) is 42.2 Å². The van der Waals surface area contributed by atoms with E-state index in [4.69, 9.17) is 0 Å². The summed E-state index contributed by atoms with van der Waals surface area (Å²) in [5.41, 5.74) is 2.94. The third-order valence-corrected chi connectivity index (χ3v) is 3.98. The first-order chi connectivity index (χ1) is 10.1. The molecule has 0 amide bonds. The highest BCUT2D eigenvalue weighted by Gasteiger charge is 2.19. The van der Waals surface area contributed by atoms with Gasteiger partial charge in [-0.15, -0.1) is 0 Å². The number of aliphatic hydroxyl groups excluding tert-OH is 1. The maximum atomic E-state index is 13.2. The van der Waals surface area contributed by atoms with E-state index in [1.807, 2.05) is 12.1 Å². The Morgan fingerprint density at radius 1 is 1.10 bits per heavy atom. The lowest BCUT2D eigenvalue weighted by molar-refractivity contribution is 0.169. The minimum Gasteiger partial charge on any atom is -0.388 e. The van der Waals surface area contributed by atoms with Crippen LogP contribution in [-0.4, -0.2) is 18.2 Å². The van der Waals surface area contributed by atoms with Crippen LogP contribution in [0.15, 0.2) is 42.5 Å². The monoisotopic (exact) mass is 289 g/mol. The van der Waals surface area contributed by atoms with Gasteiger partial charge in [0, 0.05) is 18.8 Å². The quantitative estimate of drug-likeness (QED) is 0.932. The largest absolute Gasteiger partial charge is 0.388 e. The number of fused-ring (bicyclic) bond motifs is 1. The van der Waals surface area contributed by atoms with E-state index in [1.165, 1.54) is 17.3 Å². The number of anilines is 1. The van der Waals surface area contributed by atoms with Crippen molar-refractivity contribution in [3.63, 3.8) is 0 Å². The zero-order valence-electron chi connectivity index (χ0n) is 11.6. The molecule has 21 heavy (non-hydrogen) atoms. The maximum Gasteiger partial charge on any atom is 0.159 e. The highest BCUT2D eigenvalue weighted by Crippen LogP contribution is 2.28. The Morgan fingerprint density at radius 3 is 2.71 bits per heavy atom. The molecular weight excluding hydrogens is 272 g/mol. The molecule has 0 bridgehead atoms. The minimum absolute atomic E-state index is 0.418. The number of para-hydroxylation sites is 1. The van der Waals surface area contributed by atoms with E-state index in [9.17, 15) is 13.9 Å². The zero-order valence-corrected chi connectivity index (χ0v) is 11.6. The highest BCUT2D eigenvalue weighted by molar-refractivity contribution is 5.57. The van der Waals surface area contributed by atoms with Gasteiger partial charge in [0.25, 0.3) is 0 Å². The molecule has 0 saturated carbocycles. The lowest BCUT2D eigenvalue weighted by Gasteiger charge is -2.21. The van der Waals surface area contributed by atoms with Crippen molar-refractivity contribution in [1.82, 2.24) is 0 Å². The summed E-state index contributed by atoms with van der Waals surface area (Å²) >= 11 is 0. The molecule has 0 saturated heterocycles. The Labute approximate surface area is 122 Å². The van der Waals surface area contributed by atoms with Crippen molar-refractivity contribution in [3.05, 3.63) is 65.2 Å². The summed E-state index contributed by atoms with van der Waals surface area (Å²) in [6.45, 7) is 1.63. The van der Waals surface area contributed by atoms with Crippen molar-refractivity contribution in [1.29, 1.82) is 0 Å². The topological polar surface area (TPSA) is 23.5 Å². The van der Waals surface area contributed by atoms with E-state index in [2.05, 4.69) is 17.0 Å². The lowest BCUT2D eigenvalue weighted by Crippen LogP contribution is -2.23. The normalized spacial score (nSPS) is 15.1. The number of hydrogen-bond acceptors (Lipinski definition) is 2. The van der Waals surface area contributed by atoms with Gasteiger partial charge in [0.15, 0.2) is 11.6 Å². The Morgan fingerprint density at radius 2 is 1.90 bits per heavy atom. The van der Waals surface area contributed by atoms with Crippen LogP contribution in [0.5, 0.6) is 0 Å². The van der Waals surface area contributed by atoms with Gasteiger partial charge < -0.3 is 10.0 Å². The first kappa shape index (κ1) is 14.0. The molecule has 1 N–H and O–H groups in total. The van der Waals surface area contributed by atoms with E-state index < -0.39 is 17.7 Å². The molecule has 2 nitrogen and oxygen atoms in total. The second-order valence-electron chi connectivity index (χ2n) is 5.34. The van der Waals surface area contributed by atoms with Gasteiger partial charge in [0.2, 0.25) is 0 Å². The predicted octanol–water partition coefficient (Wildman–Crippen LogP) is 3.45. The number of benzene rings is 2. The number of halogens is 2.